The van der Waals surface area contributed by atoms with Crippen LogP contribution in [0.5, 0.6) is 0 Å². The molecule has 2 atom stereocenters. The van der Waals surface area contributed by atoms with Crippen LogP contribution in [-0.2, 0) is 9.53 Å². The molecule has 132 valence electrons. The van der Waals surface area contributed by atoms with E-state index in [0.29, 0.717) is 12.5 Å². The lowest BCUT2D eigenvalue weighted by Gasteiger charge is -2.37. The summed E-state index contributed by atoms with van der Waals surface area (Å²) in [6, 6.07) is 10.5. The number of carbonyl (C=O) groups excluding carboxylic acids is 1. The number of para-hydroxylation sites is 1. The van der Waals surface area contributed by atoms with E-state index in [4.69, 9.17) is 10.5 Å². The number of aryl methyl sites for hydroxylation is 1. The summed E-state index contributed by atoms with van der Waals surface area (Å²) in [6.07, 6.45) is 2.85. The first kappa shape index (κ1) is 16.3. The number of anilines is 1. The van der Waals surface area contributed by atoms with Gasteiger partial charge in [-0.25, -0.2) is 0 Å². The van der Waals surface area contributed by atoms with Crippen LogP contribution in [-0.4, -0.2) is 36.7 Å². The third kappa shape index (κ3) is 3.09. The minimum Gasteiger partial charge on any atom is -0.377 e. The molecule has 2 saturated heterocycles. The van der Waals surface area contributed by atoms with E-state index in [-0.39, 0.29) is 17.9 Å². The highest BCUT2D eigenvalue weighted by molar-refractivity contribution is 5.92. The number of hydrogen-bond donors (Lipinski definition) is 1. The molecule has 3 heterocycles. The topological polar surface area (TPSA) is 68.5 Å². The van der Waals surface area contributed by atoms with Gasteiger partial charge in [0.05, 0.1) is 17.5 Å². The SMILES string of the molecule is Cc1cc(N2CCC([C@H]3OCC[C@@H]3C(N)=O)CC2)c2ccccc2n1. The summed E-state index contributed by atoms with van der Waals surface area (Å²) in [6.45, 7) is 4.66. The molecule has 2 N–H and O–H groups in total. The Morgan fingerprint density at radius 3 is 2.76 bits per heavy atom. The maximum absolute atomic E-state index is 11.6. The van der Waals surface area contributed by atoms with Crippen molar-refractivity contribution in [1.82, 2.24) is 4.98 Å². The molecule has 0 spiro atoms. The van der Waals surface area contributed by atoms with Gasteiger partial charge in [-0.3, -0.25) is 9.78 Å². The second-order valence-corrected chi connectivity index (χ2v) is 7.26. The number of amides is 1. The van der Waals surface area contributed by atoms with E-state index < -0.39 is 0 Å². The zero-order valence-corrected chi connectivity index (χ0v) is 14.6. The first-order valence-corrected chi connectivity index (χ1v) is 9.16. The van der Waals surface area contributed by atoms with Crippen LogP contribution in [0.15, 0.2) is 30.3 Å². The number of rotatable bonds is 3. The molecule has 25 heavy (non-hydrogen) atoms. The molecule has 2 aromatic rings. The fraction of sp³-hybridized carbons (Fsp3) is 0.500. The van der Waals surface area contributed by atoms with Crippen LogP contribution >= 0.6 is 0 Å². The van der Waals surface area contributed by atoms with E-state index in [0.717, 1.165) is 43.6 Å². The quantitative estimate of drug-likeness (QED) is 0.933. The van der Waals surface area contributed by atoms with Crippen LogP contribution in [0.1, 0.15) is 25.0 Å². The molecule has 4 rings (SSSR count). The van der Waals surface area contributed by atoms with E-state index in [1.165, 1.54) is 11.1 Å². The molecule has 1 aromatic heterocycles. The summed E-state index contributed by atoms with van der Waals surface area (Å²) in [5, 5.41) is 1.21. The number of primary amides is 1. The van der Waals surface area contributed by atoms with Gasteiger partial charge in [-0.1, -0.05) is 18.2 Å². The van der Waals surface area contributed by atoms with Crippen molar-refractivity contribution in [2.24, 2.45) is 17.6 Å². The number of pyridine rings is 1. The molecule has 5 heteroatoms. The standard InChI is InChI=1S/C20H25N3O2/c1-13-12-18(15-4-2-3-5-17(15)22-13)23-9-6-14(7-10-23)19-16(20(21)24)8-11-25-19/h2-5,12,14,16,19H,6-11H2,1H3,(H2,21,24)/t16-,19+/m0/s1. The monoisotopic (exact) mass is 339 g/mol. The van der Waals surface area contributed by atoms with Crippen molar-refractivity contribution in [3.63, 3.8) is 0 Å². The van der Waals surface area contributed by atoms with Gasteiger partial charge in [0.2, 0.25) is 5.91 Å². The van der Waals surface area contributed by atoms with Crippen LogP contribution in [0.2, 0.25) is 0 Å². The summed E-state index contributed by atoms with van der Waals surface area (Å²) >= 11 is 0. The first-order valence-electron chi connectivity index (χ1n) is 9.16. The molecule has 2 aliphatic heterocycles. The minimum atomic E-state index is -0.208. The number of nitrogens with two attached hydrogens (primary N) is 1. The smallest absolute Gasteiger partial charge is 0.223 e. The maximum Gasteiger partial charge on any atom is 0.223 e. The number of benzene rings is 1. The zero-order valence-electron chi connectivity index (χ0n) is 14.6. The fourth-order valence-corrected chi connectivity index (χ4v) is 4.40. The molecule has 1 amide bonds. The van der Waals surface area contributed by atoms with Gasteiger partial charge < -0.3 is 15.4 Å². The van der Waals surface area contributed by atoms with Crippen molar-refractivity contribution >= 4 is 22.5 Å². The lowest BCUT2D eigenvalue weighted by atomic mass is 9.83. The van der Waals surface area contributed by atoms with Crippen LogP contribution in [0.4, 0.5) is 5.69 Å². The lowest BCUT2D eigenvalue weighted by molar-refractivity contribution is -0.124. The van der Waals surface area contributed by atoms with E-state index in [2.05, 4.69) is 34.1 Å². The van der Waals surface area contributed by atoms with Gasteiger partial charge in [0.1, 0.15) is 0 Å². The summed E-state index contributed by atoms with van der Waals surface area (Å²) in [5.41, 5.74) is 8.91. The van der Waals surface area contributed by atoms with Crippen molar-refractivity contribution in [1.29, 1.82) is 0 Å². The van der Waals surface area contributed by atoms with Crippen molar-refractivity contribution < 1.29 is 9.53 Å². The van der Waals surface area contributed by atoms with Gasteiger partial charge in [-0.15, -0.1) is 0 Å². The average Bonchev–Trinajstić information content (AvgIpc) is 3.11. The van der Waals surface area contributed by atoms with Gasteiger partial charge in [0, 0.05) is 36.5 Å². The number of ether oxygens (including phenoxy) is 1. The summed E-state index contributed by atoms with van der Waals surface area (Å²) < 4.78 is 5.87. The number of hydrogen-bond acceptors (Lipinski definition) is 4. The average molecular weight is 339 g/mol. The normalized spacial score (nSPS) is 24.8. The molecular formula is C20H25N3O2. The molecule has 0 unspecified atom stereocenters. The Bertz CT molecular complexity index is 784. The molecule has 5 nitrogen and oxygen atoms in total. The summed E-state index contributed by atoms with van der Waals surface area (Å²) in [7, 11) is 0. The van der Waals surface area contributed by atoms with Crippen LogP contribution in [0, 0.1) is 18.8 Å². The van der Waals surface area contributed by atoms with Crippen LogP contribution in [0.3, 0.4) is 0 Å². The molecule has 0 saturated carbocycles. The van der Waals surface area contributed by atoms with Crippen molar-refractivity contribution in [2.45, 2.75) is 32.3 Å². The molecule has 1 aromatic carbocycles. The molecule has 0 radical (unpaired) electrons. The van der Waals surface area contributed by atoms with E-state index in [1.54, 1.807) is 0 Å². The molecule has 2 fully saturated rings. The van der Waals surface area contributed by atoms with Crippen LogP contribution < -0.4 is 10.6 Å². The van der Waals surface area contributed by atoms with Gasteiger partial charge >= 0.3 is 0 Å². The highest BCUT2D eigenvalue weighted by Crippen LogP contribution is 2.35. The number of aromatic nitrogens is 1. The fourth-order valence-electron chi connectivity index (χ4n) is 4.40. The third-order valence-electron chi connectivity index (χ3n) is 5.67. The van der Waals surface area contributed by atoms with Crippen molar-refractivity contribution in [3.05, 3.63) is 36.0 Å². The number of nitrogens with zero attached hydrogens (tertiary/aromatic N) is 2. The Hall–Kier alpha value is -2.14. The Morgan fingerprint density at radius 1 is 1.24 bits per heavy atom. The van der Waals surface area contributed by atoms with Crippen molar-refractivity contribution in [3.8, 4) is 0 Å². The van der Waals surface area contributed by atoms with E-state index >= 15 is 0 Å². The molecule has 0 bridgehead atoms. The second-order valence-electron chi connectivity index (χ2n) is 7.26. The Morgan fingerprint density at radius 2 is 2.00 bits per heavy atom. The van der Waals surface area contributed by atoms with Crippen molar-refractivity contribution in [2.75, 3.05) is 24.6 Å². The second kappa shape index (κ2) is 6.64. The van der Waals surface area contributed by atoms with Crippen LogP contribution in [0.25, 0.3) is 10.9 Å². The molecule has 0 aliphatic carbocycles. The number of carbonyl (C=O) groups is 1. The Kier molecular flexibility index (Phi) is 4.34. The highest BCUT2D eigenvalue weighted by Gasteiger charge is 2.39. The lowest BCUT2D eigenvalue weighted by Crippen LogP contribution is -2.42. The Labute approximate surface area is 148 Å². The van der Waals surface area contributed by atoms with E-state index in [1.807, 2.05) is 13.0 Å². The minimum absolute atomic E-state index is 0.00979. The molecular weight excluding hydrogens is 314 g/mol. The third-order valence-corrected chi connectivity index (χ3v) is 5.67. The zero-order chi connectivity index (χ0) is 17.4. The predicted molar refractivity (Wildman–Crippen MR) is 98.5 cm³/mol. The number of piperidine rings is 1. The number of fused-ring (bicyclic) bond motifs is 1. The van der Waals surface area contributed by atoms with Gasteiger partial charge in [-0.2, -0.15) is 0 Å². The maximum atomic E-state index is 11.6. The first-order chi connectivity index (χ1) is 12.1. The Balaban J connectivity index is 1.52. The van der Waals surface area contributed by atoms with Gasteiger partial charge in [0.15, 0.2) is 0 Å². The van der Waals surface area contributed by atoms with Gasteiger partial charge in [0.25, 0.3) is 0 Å². The summed E-state index contributed by atoms with van der Waals surface area (Å²) in [5.74, 6) is 0.103. The summed E-state index contributed by atoms with van der Waals surface area (Å²) in [4.78, 5) is 18.7. The van der Waals surface area contributed by atoms with Gasteiger partial charge in [-0.05, 0) is 44.2 Å². The molecule has 2 aliphatic rings. The highest BCUT2D eigenvalue weighted by atomic mass is 16.5. The largest absolute Gasteiger partial charge is 0.377 e. The predicted octanol–water partition coefficient (Wildman–Crippen LogP) is 2.65. The van der Waals surface area contributed by atoms with E-state index in [9.17, 15) is 4.79 Å².